The third kappa shape index (κ3) is 1.65. The molecule has 0 saturated heterocycles. The molecule has 0 radical (unpaired) electrons. The number of rotatable bonds is 1. The second-order valence-corrected chi connectivity index (χ2v) is 9.40. The minimum Gasteiger partial charge on any atom is -0.481 e. The first-order valence-corrected chi connectivity index (χ1v) is 9.23. The van der Waals surface area contributed by atoms with Gasteiger partial charge in [0, 0.05) is 0 Å². The first-order chi connectivity index (χ1) is 10.3. The summed E-state index contributed by atoms with van der Waals surface area (Å²) in [7, 11) is 0. The SMILES string of the molecule is C=C1C[C@]23CC[C@@H]4C(C)(C(=O)O)CCCC4(C)[C@@H]2CCC1C3. The number of carboxylic acids is 1. The van der Waals surface area contributed by atoms with Crippen molar-refractivity contribution in [3.05, 3.63) is 12.2 Å². The van der Waals surface area contributed by atoms with E-state index in [1.807, 2.05) is 6.92 Å². The third-order valence-electron chi connectivity index (χ3n) is 8.54. The van der Waals surface area contributed by atoms with Gasteiger partial charge >= 0.3 is 5.97 Å². The Hall–Kier alpha value is -0.790. The molecule has 0 aromatic carbocycles. The molecule has 0 amide bonds. The second kappa shape index (κ2) is 4.39. The summed E-state index contributed by atoms with van der Waals surface area (Å²) in [6.45, 7) is 8.86. The van der Waals surface area contributed by atoms with Crippen LogP contribution in [0.5, 0.6) is 0 Å². The Balaban J connectivity index is 1.75. The van der Waals surface area contributed by atoms with Gasteiger partial charge < -0.3 is 5.11 Å². The minimum atomic E-state index is -0.552. The Morgan fingerprint density at radius 3 is 2.64 bits per heavy atom. The summed E-state index contributed by atoms with van der Waals surface area (Å²) in [5, 5.41) is 9.90. The second-order valence-electron chi connectivity index (χ2n) is 9.40. The van der Waals surface area contributed by atoms with Crippen LogP contribution in [-0.4, -0.2) is 11.1 Å². The average molecular weight is 302 g/mol. The van der Waals surface area contributed by atoms with Crippen LogP contribution in [0.15, 0.2) is 12.2 Å². The largest absolute Gasteiger partial charge is 0.481 e. The van der Waals surface area contributed by atoms with Gasteiger partial charge in [-0.15, -0.1) is 0 Å². The molecule has 1 spiro atoms. The van der Waals surface area contributed by atoms with Crippen LogP contribution < -0.4 is 0 Å². The van der Waals surface area contributed by atoms with E-state index in [4.69, 9.17) is 0 Å². The summed E-state index contributed by atoms with van der Waals surface area (Å²) in [6, 6.07) is 0. The Morgan fingerprint density at radius 1 is 1.14 bits per heavy atom. The summed E-state index contributed by atoms with van der Waals surface area (Å²) in [5.74, 6) is 1.32. The number of hydrogen-bond donors (Lipinski definition) is 1. The molecule has 122 valence electrons. The summed E-state index contributed by atoms with van der Waals surface area (Å²) < 4.78 is 0. The van der Waals surface area contributed by atoms with Gasteiger partial charge in [0.05, 0.1) is 5.41 Å². The molecule has 6 atom stereocenters. The highest BCUT2D eigenvalue weighted by Crippen LogP contribution is 2.72. The van der Waals surface area contributed by atoms with Crippen molar-refractivity contribution in [1.29, 1.82) is 0 Å². The van der Waals surface area contributed by atoms with Crippen LogP contribution in [0.25, 0.3) is 0 Å². The molecule has 2 heteroatoms. The molecule has 4 aliphatic carbocycles. The fourth-order valence-corrected chi connectivity index (χ4v) is 7.61. The highest BCUT2D eigenvalue weighted by Gasteiger charge is 2.64. The zero-order valence-electron chi connectivity index (χ0n) is 14.2. The maximum atomic E-state index is 12.0. The molecule has 0 aromatic rings. The maximum absolute atomic E-state index is 12.0. The molecular weight excluding hydrogens is 272 g/mol. The monoisotopic (exact) mass is 302 g/mol. The van der Waals surface area contributed by atoms with Crippen molar-refractivity contribution in [2.45, 2.75) is 71.6 Å². The lowest BCUT2D eigenvalue weighted by molar-refractivity contribution is -0.181. The normalized spacial score (nSPS) is 53.7. The van der Waals surface area contributed by atoms with Gasteiger partial charge in [0.15, 0.2) is 0 Å². The van der Waals surface area contributed by atoms with E-state index in [9.17, 15) is 9.90 Å². The fourth-order valence-electron chi connectivity index (χ4n) is 7.61. The molecular formula is C20H30O2. The van der Waals surface area contributed by atoms with Gasteiger partial charge in [-0.2, -0.15) is 0 Å². The highest BCUT2D eigenvalue weighted by atomic mass is 16.4. The smallest absolute Gasteiger partial charge is 0.309 e. The van der Waals surface area contributed by atoms with Gasteiger partial charge in [-0.1, -0.05) is 25.5 Å². The van der Waals surface area contributed by atoms with E-state index < -0.39 is 11.4 Å². The summed E-state index contributed by atoms with van der Waals surface area (Å²) in [6.07, 6.45) is 10.8. The van der Waals surface area contributed by atoms with Crippen molar-refractivity contribution in [1.82, 2.24) is 0 Å². The minimum absolute atomic E-state index is 0.235. The van der Waals surface area contributed by atoms with Gasteiger partial charge in [0.1, 0.15) is 0 Å². The van der Waals surface area contributed by atoms with E-state index in [1.165, 1.54) is 44.1 Å². The third-order valence-corrected chi connectivity index (χ3v) is 8.54. The first-order valence-electron chi connectivity index (χ1n) is 9.23. The van der Waals surface area contributed by atoms with E-state index >= 15 is 0 Å². The van der Waals surface area contributed by atoms with E-state index in [0.717, 1.165) is 31.1 Å². The van der Waals surface area contributed by atoms with Crippen LogP contribution in [0.2, 0.25) is 0 Å². The van der Waals surface area contributed by atoms with Crippen molar-refractivity contribution < 1.29 is 9.90 Å². The topological polar surface area (TPSA) is 37.3 Å². The molecule has 2 bridgehead atoms. The van der Waals surface area contributed by atoms with Crippen molar-refractivity contribution in [3.8, 4) is 0 Å². The molecule has 2 nitrogen and oxygen atoms in total. The van der Waals surface area contributed by atoms with Crippen LogP contribution in [0.1, 0.15) is 71.6 Å². The Kier molecular flexibility index (Phi) is 2.95. The highest BCUT2D eigenvalue weighted by molar-refractivity contribution is 5.75. The molecule has 0 aromatic heterocycles. The molecule has 4 fully saturated rings. The Bertz CT molecular complexity index is 538. The van der Waals surface area contributed by atoms with Gasteiger partial charge in [-0.3, -0.25) is 4.79 Å². The standard InChI is InChI=1S/C20H30O2/c1-13-11-20-10-7-15-18(2,16(20)6-5-14(13)12-20)8-4-9-19(15,3)17(21)22/h14-16H,1,4-12H2,2-3H3,(H,21,22)/t14?,15-,16-,18?,19?,20-/m0/s1. The lowest BCUT2D eigenvalue weighted by Gasteiger charge is -2.63. The quantitative estimate of drug-likeness (QED) is 0.689. The van der Waals surface area contributed by atoms with Gasteiger partial charge in [-0.05, 0) is 86.9 Å². The van der Waals surface area contributed by atoms with Crippen molar-refractivity contribution in [2.24, 2.45) is 34.0 Å². The van der Waals surface area contributed by atoms with E-state index in [0.29, 0.717) is 11.3 Å². The van der Waals surface area contributed by atoms with Gasteiger partial charge in [-0.25, -0.2) is 0 Å². The lowest BCUT2D eigenvalue weighted by atomic mass is 9.41. The predicted octanol–water partition coefficient (Wildman–Crippen LogP) is 5.04. The average Bonchev–Trinajstić information content (AvgIpc) is 2.68. The Morgan fingerprint density at radius 2 is 1.91 bits per heavy atom. The van der Waals surface area contributed by atoms with Crippen molar-refractivity contribution in [2.75, 3.05) is 0 Å². The number of aliphatic carboxylic acids is 1. The maximum Gasteiger partial charge on any atom is 0.309 e. The summed E-state index contributed by atoms with van der Waals surface area (Å²) >= 11 is 0. The molecule has 3 unspecified atom stereocenters. The van der Waals surface area contributed by atoms with Crippen molar-refractivity contribution >= 4 is 5.97 Å². The molecule has 4 aliphatic rings. The first kappa shape index (κ1) is 14.8. The van der Waals surface area contributed by atoms with Crippen LogP contribution in [0.3, 0.4) is 0 Å². The summed E-state index contributed by atoms with van der Waals surface area (Å²) in [5.41, 5.74) is 1.71. The van der Waals surface area contributed by atoms with Gasteiger partial charge in [0.2, 0.25) is 0 Å². The number of hydrogen-bond acceptors (Lipinski definition) is 1. The zero-order chi connectivity index (χ0) is 15.8. The van der Waals surface area contributed by atoms with Crippen LogP contribution in [-0.2, 0) is 4.79 Å². The number of carbonyl (C=O) groups is 1. The molecule has 1 N–H and O–H groups in total. The van der Waals surface area contributed by atoms with E-state index in [-0.39, 0.29) is 5.41 Å². The molecule has 0 heterocycles. The molecule has 4 rings (SSSR count). The molecule has 4 saturated carbocycles. The van der Waals surface area contributed by atoms with E-state index in [2.05, 4.69) is 13.5 Å². The summed E-state index contributed by atoms with van der Waals surface area (Å²) in [4.78, 5) is 12.0. The van der Waals surface area contributed by atoms with Crippen LogP contribution in [0, 0.1) is 34.0 Å². The van der Waals surface area contributed by atoms with Crippen LogP contribution in [0.4, 0.5) is 0 Å². The zero-order valence-corrected chi connectivity index (χ0v) is 14.2. The number of fused-ring (bicyclic) bond motifs is 3. The predicted molar refractivity (Wildman–Crippen MR) is 87.4 cm³/mol. The van der Waals surface area contributed by atoms with E-state index in [1.54, 1.807) is 0 Å². The number of carboxylic acid groups (broad SMARTS) is 1. The van der Waals surface area contributed by atoms with Crippen LogP contribution >= 0.6 is 0 Å². The molecule has 22 heavy (non-hydrogen) atoms. The van der Waals surface area contributed by atoms with Crippen molar-refractivity contribution in [3.63, 3.8) is 0 Å². The fraction of sp³-hybridized carbons (Fsp3) is 0.850. The Labute approximate surface area is 134 Å². The number of allylic oxidation sites excluding steroid dienone is 1. The lowest BCUT2D eigenvalue weighted by Crippen LogP contribution is -2.58. The molecule has 0 aliphatic heterocycles. The van der Waals surface area contributed by atoms with Gasteiger partial charge in [0.25, 0.3) is 0 Å².